The minimum atomic E-state index is 0.204. The molecule has 0 bridgehead atoms. The molecule has 4 aromatic rings. The van der Waals surface area contributed by atoms with Gasteiger partial charge in [0.25, 0.3) is 0 Å². The number of hydrogen-bond acceptors (Lipinski definition) is 5. The molecule has 1 aliphatic heterocycles. The van der Waals surface area contributed by atoms with Crippen LogP contribution >= 0.6 is 11.8 Å². The summed E-state index contributed by atoms with van der Waals surface area (Å²) in [6.45, 7) is 4.26. The predicted molar refractivity (Wildman–Crippen MR) is 123 cm³/mol. The second-order valence-electron chi connectivity index (χ2n) is 7.63. The van der Waals surface area contributed by atoms with Gasteiger partial charge in [0.05, 0.1) is 19.3 Å². The zero-order chi connectivity index (χ0) is 21.0. The number of H-pyrrole nitrogens is 1. The number of hydrogen-bond donors (Lipinski definition) is 1. The minimum Gasteiger partial charge on any atom is -0.494 e. The number of benzene rings is 2. The van der Waals surface area contributed by atoms with E-state index >= 15 is 0 Å². The second kappa shape index (κ2) is 9.16. The Morgan fingerprint density at radius 3 is 2.90 bits per heavy atom. The van der Waals surface area contributed by atoms with Crippen LogP contribution in [0.15, 0.2) is 59.9 Å². The fraction of sp³-hybridized carbons (Fsp3) is 0.333. The van der Waals surface area contributed by atoms with Crippen molar-refractivity contribution in [3.63, 3.8) is 0 Å². The number of thioether (sulfide) groups is 1. The van der Waals surface area contributed by atoms with E-state index in [1.807, 2.05) is 37.4 Å². The number of nitrogens with one attached hydrogen (secondary N) is 1. The fourth-order valence-electron chi connectivity index (χ4n) is 4.07. The van der Waals surface area contributed by atoms with Gasteiger partial charge in [-0.25, -0.2) is 0 Å². The van der Waals surface area contributed by atoms with E-state index < -0.39 is 0 Å². The van der Waals surface area contributed by atoms with Gasteiger partial charge >= 0.3 is 0 Å². The summed E-state index contributed by atoms with van der Waals surface area (Å²) in [5.41, 5.74) is 3.33. The van der Waals surface area contributed by atoms with Crippen molar-refractivity contribution < 1.29 is 9.47 Å². The van der Waals surface area contributed by atoms with Crippen molar-refractivity contribution in [3.05, 3.63) is 60.3 Å². The van der Waals surface area contributed by atoms with Gasteiger partial charge in [0.2, 0.25) is 0 Å². The number of fused-ring (bicyclic) bond motifs is 1. The smallest absolute Gasteiger partial charge is 0.191 e. The first kappa shape index (κ1) is 20.2. The van der Waals surface area contributed by atoms with Crippen LogP contribution in [-0.4, -0.2) is 39.1 Å². The van der Waals surface area contributed by atoms with Crippen LogP contribution in [0, 0.1) is 0 Å². The molecule has 1 saturated heterocycles. The number of nitrogens with zero attached hydrogens (tertiary/aromatic N) is 3. The first-order valence-corrected chi connectivity index (χ1v) is 11.8. The number of aromatic nitrogens is 4. The first-order valence-electron chi connectivity index (χ1n) is 10.8. The number of ether oxygens (including phenoxy) is 2. The van der Waals surface area contributed by atoms with Crippen LogP contribution in [0.2, 0.25) is 0 Å². The quantitative estimate of drug-likeness (QED) is 0.382. The van der Waals surface area contributed by atoms with Crippen molar-refractivity contribution >= 4 is 22.7 Å². The Hall–Kier alpha value is -2.77. The number of para-hydroxylation sites is 2. The SMILES string of the molecule is CCOc1ccccc1CSc1nnc(-c2c[nH]c3ccccc23)n1CC1CCCO1. The topological polar surface area (TPSA) is 65.0 Å². The Balaban J connectivity index is 1.47. The molecule has 2 aromatic heterocycles. The molecule has 31 heavy (non-hydrogen) atoms. The van der Waals surface area contributed by atoms with E-state index in [9.17, 15) is 0 Å². The summed E-state index contributed by atoms with van der Waals surface area (Å²) in [6, 6.07) is 16.5. The highest BCUT2D eigenvalue weighted by Crippen LogP contribution is 2.33. The average Bonchev–Trinajstić information content (AvgIpc) is 3.54. The Morgan fingerprint density at radius 1 is 1.16 bits per heavy atom. The molecule has 0 spiro atoms. The molecule has 1 aliphatic rings. The molecule has 1 N–H and O–H groups in total. The Morgan fingerprint density at radius 2 is 2.03 bits per heavy atom. The van der Waals surface area contributed by atoms with Crippen LogP contribution in [-0.2, 0) is 17.0 Å². The molecule has 7 heteroatoms. The summed E-state index contributed by atoms with van der Waals surface area (Å²) >= 11 is 1.69. The lowest BCUT2D eigenvalue weighted by Crippen LogP contribution is -2.16. The molecule has 3 heterocycles. The highest BCUT2D eigenvalue weighted by atomic mass is 32.2. The molecular weight excluding hydrogens is 408 g/mol. The van der Waals surface area contributed by atoms with Gasteiger partial charge in [0, 0.05) is 40.6 Å². The van der Waals surface area contributed by atoms with E-state index in [1.165, 1.54) is 0 Å². The van der Waals surface area contributed by atoms with Gasteiger partial charge in [0.15, 0.2) is 11.0 Å². The lowest BCUT2D eigenvalue weighted by molar-refractivity contribution is 0.0953. The van der Waals surface area contributed by atoms with Gasteiger partial charge in [-0.2, -0.15) is 0 Å². The maximum Gasteiger partial charge on any atom is 0.191 e. The van der Waals surface area contributed by atoms with Gasteiger partial charge < -0.3 is 14.5 Å². The van der Waals surface area contributed by atoms with Gasteiger partial charge in [-0.3, -0.25) is 4.57 Å². The van der Waals surface area contributed by atoms with Gasteiger partial charge in [0.1, 0.15) is 5.75 Å². The summed E-state index contributed by atoms with van der Waals surface area (Å²) in [4.78, 5) is 3.36. The first-order chi connectivity index (χ1) is 15.3. The molecular formula is C24H26N4O2S. The largest absolute Gasteiger partial charge is 0.494 e. The summed E-state index contributed by atoms with van der Waals surface area (Å²) in [5.74, 6) is 2.58. The monoisotopic (exact) mass is 434 g/mol. The van der Waals surface area contributed by atoms with Gasteiger partial charge in [-0.05, 0) is 31.9 Å². The highest BCUT2D eigenvalue weighted by molar-refractivity contribution is 7.98. The second-order valence-corrected chi connectivity index (χ2v) is 8.57. The van der Waals surface area contributed by atoms with Crippen molar-refractivity contribution in [3.8, 4) is 17.1 Å². The molecule has 0 radical (unpaired) electrons. The van der Waals surface area contributed by atoms with Crippen LogP contribution in [0.3, 0.4) is 0 Å². The zero-order valence-corrected chi connectivity index (χ0v) is 18.4. The van der Waals surface area contributed by atoms with Crippen molar-refractivity contribution in [2.75, 3.05) is 13.2 Å². The molecule has 1 fully saturated rings. The minimum absolute atomic E-state index is 0.204. The lowest BCUT2D eigenvalue weighted by atomic mass is 10.1. The maximum atomic E-state index is 5.94. The molecule has 0 amide bonds. The molecule has 5 rings (SSSR count). The molecule has 160 valence electrons. The summed E-state index contributed by atoms with van der Waals surface area (Å²) in [7, 11) is 0. The van der Waals surface area contributed by atoms with E-state index in [1.54, 1.807) is 11.8 Å². The highest BCUT2D eigenvalue weighted by Gasteiger charge is 2.23. The van der Waals surface area contributed by atoms with Crippen LogP contribution in [0.5, 0.6) is 5.75 Å². The van der Waals surface area contributed by atoms with Gasteiger partial charge in [-0.1, -0.05) is 48.2 Å². The van der Waals surface area contributed by atoms with Crippen molar-refractivity contribution in [1.82, 2.24) is 19.7 Å². The molecule has 0 saturated carbocycles. The molecule has 2 aromatic carbocycles. The summed E-state index contributed by atoms with van der Waals surface area (Å²) < 4.78 is 14.0. The number of aromatic amines is 1. The standard InChI is InChI=1S/C24H26N4O2S/c1-2-29-22-12-6-3-8-17(22)16-31-24-27-26-23(28(24)15-18-9-7-13-30-18)20-14-25-21-11-5-4-10-19(20)21/h3-6,8,10-12,14,18,25H,2,7,9,13,15-16H2,1H3. The number of rotatable bonds is 8. The third-order valence-corrected chi connectivity index (χ3v) is 6.60. The average molecular weight is 435 g/mol. The molecule has 6 nitrogen and oxygen atoms in total. The molecule has 1 atom stereocenters. The maximum absolute atomic E-state index is 5.94. The van der Waals surface area contributed by atoms with Crippen LogP contribution in [0.4, 0.5) is 0 Å². The van der Waals surface area contributed by atoms with E-state index in [0.29, 0.717) is 6.61 Å². The van der Waals surface area contributed by atoms with Crippen LogP contribution in [0.25, 0.3) is 22.3 Å². The summed E-state index contributed by atoms with van der Waals surface area (Å²) in [5, 5.41) is 11.2. The van der Waals surface area contributed by atoms with Crippen molar-refractivity contribution in [2.45, 2.75) is 43.3 Å². The summed E-state index contributed by atoms with van der Waals surface area (Å²) in [6.07, 6.45) is 4.41. The Bertz CT molecular complexity index is 1160. The van der Waals surface area contributed by atoms with E-state index in [4.69, 9.17) is 9.47 Å². The van der Waals surface area contributed by atoms with E-state index in [2.05, 4.69) is 44.0 Å². The zero-order valence-electron chi connectivity index (χ0n) is 17.6. The van der Waals surface area contributed by atoms with Crippen molar-refractivity contribution in [2.24, 2.45) is 0 Å². The third kappa shape index (κ3) is 4.20. The fourth-order valence-corrected chi connectivity index (χ4v) is 5.01. The van der Waals surface area contributed by atoms with Crippen LogP contribution < -0.4 is 4.74 Å². The normalized spacial score (nSPS) is 16.2. The molecule has 1 unspecified atom stereocenters. The van der Waals surface area contributed by atoms with Gasteiger partial charge in [-0.15, -0.1) is 10.2 Å². The molecule has 0 aliphatic carbocycles. The van der Waals surface area contributed by atoms with E-state index in [-0.39, 0.29) is 6.10 Å². The third-order valence-electron chi connectivity index (χ3n) is 5.59. The van der Waals surface area contributed by atoms with Crippen molar-refractivity contribution in [1.29, 1.82) is 0 Å². The van der Waals surface area contributed by atoms with E-state index in [0.717, 1.165) is 70.5 Å². The predicted octanol–water partition coefficient (Wildman–Crippen LogP) is 5.30. The Labute approximate surface area is 186 Å². The van der Waals surface area contributed by atoms with Crippen LogP contribution in [0.1, 0.15) is 25.3 Å². The lowest BCUT2D eigenvalue weighted by Gasteiger charge is -2.15. The Kier molecular flexibility index (Phi) is 5.95.